The molecular formula is C14H15NO2. The van der Waals surface area contributed by atoms with Crippen LogP contribution in [-0.4, -0.2) is 11.8 Å². The molecule has 1 saturated heterocycles. The largest absolute Gasteiger partial charge is 0.274 e. The van der Waals surface area contributed by atoms with Crippen molar-refractivity contribution in [2.24, 2.45) is 11.8 Å². The van der Waals surface area contributed by atoms with E-state index in [1.54, 1.807) is 0 Å². The Morgan fingerprint density at radius 2 is 1.41 bits per heavy atom. The summed E-state index contributed by atoms with van der Waals surface area (Å²) in [6.45, 7) is 0. The molecule has 0 radical (unpaired) electrons. The number of carbonyl (C=O) groups excluding carboxylic acids is 2. The zero-order valence-electron chi connectivity index (χ0n) is 9.63. The molecule has 3 nitrogen and oxygen atoms in total. The smallest absolute Gasteiger partial charge is 0.237 e. The number of hydrogen-bond acceptors (Lipinski definition) is 2. The second kappa shape index (κ2) is 3.99. The predicted molar refractivity (Wildman–Crippen MR) is 64.4 cm³/mol. The molecule has 1 aromatic rings. The number of rotatable bonds is 1. The van der Waals surface area contributed by atoms with E-state index in [0.29, 0.717) is 0 Å². The quantitative estimate of drug-likeness (QED) is 0.693. The van der Waals surface area contributed by atoms with Crippen molar-refractivity contribution in [1.29, 1.82) is 0 Å². The van der Waals surface area contributed by atoms with Gasteiger partial charge in [0.1, 0.15) is 0 Å². The maximum atomic E-state index is 12.3. The second-order valence-corrected chi connectivity index (χ2v) is 4.84. The fourth-order valence-corrected chi connectivity index (χ4v) is 2.99. The van der Waals surface area contributed by atoms with Crippen LogP contribution in [0.2, 0.25) is 0 Å². The van der Waals surface area contributed by atoms with Crippen molar-refractivity contribution >= 4 is 17.5 Å². The minimum absolute atomic E-state index is 0.00546. The Morgan fingerprint density at radius 1 is 0.882 bits per heavy atom. The molecule has 1 saturated carbocycles. The van der Waals surface area contributed by atoms with Gasteiger partial charge in [-0.05, 0) is 25.0 Å². The SMILES string of the molecule is O=C1[C@@H]2CCCC[C@H]2C(=O)N1c1ccccc1. The maximum Gasteiger partial charge on any atom is 0.237 e. The minimum atomic E-state index is -0.0588. The molecule has 0 N–H and O–H groups in total. The molecule has 88 valence electrons. The summed E-state index contributed by atoms with van der Waals surface area (Å²) < 4.78 is 0. The number of imide groups is 1. The predicted octanol–water partition coefficient (Wildman–Crippen LogP) is 2.37. The summed E-state index contributed by atoms with van der Waals surface area (Å²) in [4.78, 5) is 25.9. The summed E-state index contributed by atoms with van der Waals surface area (Å²) >= 11 is 0. The van der Waals surface area contributed by atoms with Crippen LogP contribution in [0.4, 0.5) is 5.69 Å². The number of hydrogen-bond donors (Lipinski definition) is 0. The van der Waals surface area contributed by atoms with Gasteiger partial charge in [0.25, 0.3) is 0 Å². The number of carbonyl (C=O) groups is 2. The number of nitrogens with zero attached hydrogens (tertiary/aromatic N) is 1. The third-order valence-electron chi connectivity index (χ3n) is 3.86. The first-order valence-corrected chi connectivity index (χ1v) is 6.22. The highest BCUT2D eigenvalue weighted by molar-refractivity contribution is 6.22. The zero-order chi connectivity index (χ0) is 11.8. The Bertz CT molecular complexity index is 431. The molecule has 17 heavy (non-hydrogen) atoms. The molecule has 2 atom stereocenters. The Hall–Kier alpha value is -1.64. The third-order valence-corrected chi connectivity index (χ3v) is 3.86. The van der Waals surface area contributed by atoms with Crippen molar-refractivity contribution in [3.8, 4) is 0 Å². The lowest BCUT2D eigenvalue weighted by atomic mass is 9.81. The van der Waals surface area contributed by atoms with Crippen molar-refractivity contribution in [2.75, 3.05) is 4.90 Å². The van der Waals surface area contributed by atoms with Crippen LogP contribution < -0.4 is 4.90 Å². The molecule has 3 rings (SSSR count). The van der Waals surface area contributed by atoms with E-state index in [9.17, 15) is 9.59 Å². The summed E-state index contributed by atoms with van der Waals surface area (Å²) in [6.07, 6.45) is 3.89. The maximum absolute atomic E-state index is 12.3. The van der Waals surface area contributed by atoms with Gasteiger partial charge in [0, 0.05) is 0 Å². The average molecular weight is 229 g/mol. The first kappa shape index (κ1) is 10.5. The Labute approximate surface area is 100 Å². The van der Waals surface area contributed by atoms with Gasteiger partial charge in [-0.3, -0.25) is 14.5 Å². The lowest BCUT2D eigenvalue weighted by Gasteiger charge is -2.19. The summed E-state index contributed by atoms with van der Waals surface area (Å²) in [5.74, 6) is -0.107. The number of amides is 2. The first-order chi connectivity index (χ1) is 8.29. The Balaban J connectivity index is 1.96. The van der Waals surface area contributed by atoms with E-state index in [1.807, 2.05) is 30.3 Å². The highest BCUT2D eigenvalue weighted by atomic mass is 16.2. The van der Waals surface area contributed by atoms with Gasteiger partial charge >= 0.3 is 0 Å². The fraction of sp³-hybridized carbons (Fsp3) is 0.429. The van der Waals surface area contributed by atoms with E-state index < -0.39 is 0 Å². The average Bonchev–Trinajstić information content (AvgIpc) is 2.64. The van der Waals surface area contributed by atoms with Crippen LogP contribution in [-0.2, 0) is 9.59 Å². The van der Waals surface area contributed by atoms with Crippen molar-refractivity contribution in [1.82, 2.24) is 0 Å². The zero-order valence-corrected chi connectivity index (χ0v) is 9.63. The van der Waals surface area contributed by atoms with E-state index >= 15 is 0 Å². The standard InChI is InChI=1S/C14H15NO2/c16-13-11-8-4-5-9-12(11)14(17)15(13)10-6-2-1-3-7-10/h1-3,6-7,11-12H,4-5,8-9H2/t11-,12-/m1/s1. The number of fused-ring (bicyclic) bond motifs is 1. The molecule has 3 heteroatoms. The van der Waals surface area contributed by atoms with Gasteiger partial charge in [0.05, 0.1) is 17.5 Å². The summed E-state index contributed by atoms with van der Waals surface area (Å²) in [7, 11) is 0. The van der Waals surface area contributed by atoms with Gasteiger partial charge < -0.3 is 0 Å². The van der Waals surface area contributed by atoms with Crippen LogP contribution in [0.15, 0.2) is 30.3 Å². The number of anilines is 1. The topological polar surface area (TPSA) is 37.4 Å². The normalized spacial score (nSPS) is 28.4. The second-order valence-electron chi connectivity index (χ2n) is 4.84. The molecule has 1 aliphatic carbocycles. The lowest BCUT2D eigenvalue weighted by Crippen LogP contribution is -2.30. The molecule has 0 bridgehead atoms. The van der Waals surface area contributed by atoms with E-state index in [-0.39, 0.29) is 23.7 Å². The molecule has 0 spiro atoms. The van der Waals surface area contributed by atoms with Crippen molar-refractivity contribution in [3.63, 3.8) is 0 Å². The molecule has 1 heterocycles. The van der Waals surface area contributed by atoms with Crippen LogP contribution in [0, 0.1) is 11.8 Å². The van der Waals surface area contributed by atoms with Crippen LogP contribution in [0.3, 0.4) is 0 Å². The van der Waals surface area contributed by atoms with E-state index in [4.69, 9.17) is 0 Å². The van der Waals surface area contributed by atoms with Crippen LogP contribution in [0.1, 0.15) is 25.7 Å². The molecule has 2 amide bonds. The number of benzene rings is 1. The fourth-order valence-electron chi connectivity index (χ4n) is 2.99. The lowest BCUT2D eigenvalue weighted by molar-refractivity contribution is -0.122. The summed E-state index contributed by atoms with van der Waals surface area (Å²) in [6, 6.07) is 9.26. The highest BCUT2D eigenvalue weighted by Gasteiger charge is 2.48. The van der Waals surface area contributed by atoms with Gasteiger partial charge in [-0.1, -0.05) is 31.0 Å². The molecule has 2 aliphatic rings. The van der Waals surface area contributed by atoms with E-state index in [0.717, 1.165) is 31.4 Å². The minimum Gasteiger partial charge on any atom is -0.274 e. The van der Waals surface area contributed by atoms with Crippen molar-refractivity contribution < 1.29 is 9.59 Å². The Morgan fingerprint density at radius 3 is 1.94 bits per heavy atom. The third kappa shape index (κ3) is 1.57. The van der Waals surface area contributed by atoms with Crippen LogP contribution in [0.5, 0.6) is 0 Å². The molecule has 0 aromatic heterocycles. The molecule has 0 unspecified atom stereocenters. The Kier molecular flexibility index (Phi) is 2.46. The van der Waals surface area contributed by atoms with E-state index in [2.05, 4.69) is 0 Å². The number of para-hydroxylation sites is 1. The molecular weight excluding hydrogens is 214 g/mol. The van der Waals surface area contributed by atoms with Gasteiger partial charge in [0.2, 0.25) is 11.8 Å². The first-order valence-electron chi connectivity index (χ1n) is 6.22. The molecule has 2 fully saturated rings. The summed E-state index contributed by atoms with van der Waals surface area (Å²) in [5, 5.41) is 0. The molecule has 1 aromatic carbocycles. The van der Waals surface area contributed by atoms with Crippen molar-refractivity contribution in [2.45, 2.75) is 25.7 Å². The van der Waals surface area contributed by atoms with Crippen LogP contribution in [0.25, 0.3) is 0 Å². The van der Waals surface area contributed by atoms with E-state index in [1.165, 1.54) is 4.90 Å². The monoisotopic (exact) mass is 229 g/mol. The van der Waals surface area contributed by atoms with Crippen LogP contribution >= 0.6 is 0 Å². The van der Waals surface area contributed by atoms with Gasteiger partial charge in [-0.15, -0.1) is 0 Å². The van der Waals surface area contributed by atoms with Gasteiger partial charge in [-0.25, -0.2) is 0 Å². The highest BCUT2D eigenvalue weighted by Crippen LogP contribution is 2.39. The van der Waals surface area contributed by atoms with Gasteiger partial charge in [0.15, 0.2) is 0 Å². The molecule has 1 aliphatic heterocycles. The van der Waals surface area contributed by atoms with Gasteiger partial charge in [-0.2, -0.15) is 0 Å². The van der Waals surface area contributed by atoms with Crippen molar-refractivity contribution in [3.05, 3.63) is 30.3 Å². The summed E-state index contributed by atoms with van der Waals surface area (Å²) in [5.41, 5.74) is 0.719.